The minimum absolute atomic E-state index is 0. The monoisotopic (exact) mass is 550 g/mol. The minimum Gasteiger partial charge on any atom is -0.269 e. The molecule has 0 amide bonds. The fourth-order valence-electron chi connectivity index (χ4n) is 3.13. The van der Waals surface area contributed by atoms with Gasteiger partial charge < -0.3 is 0 Å². The van der Waals surface area contributed by atoms with Gasteiger partial charge in [-0.25, -0.2) is 11.1 Å². The van der Waals surface area contributed by atoms with Gasteiger partial charge in [-0.1, -0.05) is 79.1 Å². The number of allylic oxidation sites excluding steroid dienone is 8. The second-order valence-corrected chi connectivity index (χ2v) is 7.53. The van der Waals surface area contributed by atoms with Crippen LogP contribution in [0.25, 0.3) is 0 Å². The smallest absolute Gasteiger partial charge is 0 e. The third kappa shape index (κ3) is 9.25. The van der Waals surface area contributed by atoms with E-state index >= 15 is 0 Å². The van der Waals surface area contributed by atoms with Crippen molar-refractivity contribution >= 4 is 24.8 Å². The van der Waals surface area contributed by atoms with Crippen molar-refractivity contribution in [3.63, 3.8) is 0 Å². The van der Waals surface area contributed by atoms with E-state index in [-0.39, 0.29) is 50.7 Å². The van der Waals surface area contributed by atoms with Crippen molar-refractivity contribution in [1.82, 2.24) is 0 Å². The molecule has 0 saturated carbocycles. The predicted octanol–water partition coefficient (Wildman–Crippen LogP) is 7.56. The van der Waals surface area contributed by atoms with Gasteiger partial charge in [0, 0.05) is 25.8 Å². The van der Waals surface area contributed by atoms with Crippen LogP contribution in [0.2, 0.25) is 0 Å². The number of rotatable bonds is 4. The average Bonchev–Trinajstić information content (AvgIpc) is 3.08. The van der Waals surface area contributed by atoms with Crippen LogP contribution in [-0.4, -0.2) is 0 Å². The van der Waals surface area contributed by atoms with Gasteiger partial charge in [-0.2, -0.15) is 23.3 Å². The summed E-state index contributed by atoms with van der Waals surface area (Å²) in [6.45, 7) is 18.0. The first-order chi connectivity index (χ1) is 10.3. The number of halogens is 2. The zero-order valence-electron chi connectivity index (χ0n) is 17.2. The molecule has 2 aliphatic rings. The summed E-state index contributed by atoms with van der Waals surface area (Å²) in [6.07, 6.45) is 13.5. The average molecular weight is 550 g/mol. The van der Waals surface area contributed by atoms with Crippen molar-refractivity contribution in [2.75, 3.05) is 0 Å². The molecule has 3 heteroatoms. The van der Waals surface area contributed by atoms with E-state index in [4.69, 9.17) is 0 Å². The molecule has 0 atom stereocenters. The summed E-state index contributed by atoms with van der Waals surface area (Å²) in [5, 5.41) is 0. The van der Waals surface area contributed by atoms with Gasteiger partial charge in [-0.15, -0.1) is 37.7 Å². The zero-order valence-corrected chi connectivity index (χ0v) is 22.4. The molecule has 0 aromatic carbocycles. The van der Waals surface area contributed by atoms with Crippen LogP contribution >= 0.6 is 24.8 Å². The Kier molecular flexibility index (Phi) is 17.4. The Hall–Kier alpha value is 0.410. The quantitative estimate of drug-likeness (QED) is 0.251. The van der Waals surface area contributed by atoms with Gasteiger partial charge >= 0.3 is 0 Å². The molecule has 144 valence electrons. The Morgan fingerprint density at radius 2 is 0.880 bits per heavy atom. The first kappa shape index (κ1) is 30.1. The third-order valence-corrected chi connectivity index (χ3v) is 4.25. The van der Waals surface area contributed by atoms with Gasteiger partial charge in [-0.3, -0.25) is 12.2 Å². The summed E-state index contributed by atoms with van der Waals surface area (Å²) in [7, 11) is 0. The van der Waals surface area contributed by atoms with Crippen LogP contribution in [0.4, 0.5) is 0 Å². The van der Waals surface area contributed by atoms with Crippen LogP contribution in [0.1, 0.15) is 68.2 Å². The summed E-state index contributed by atoms with van der Waals surface area (Å²) in [6, 6.07) is 0. The van der Waals surface area contributed by atoms with Crippen molar-refractivity contribution in [2.24, 2.45) is 23.7 Å². The Morgan fingerprint density at radius 1 is 0.600 bits per heavy atom. The molecule has 0 heterocycles. The Morgan fingerprint density at radius 3 is 1.04 bits per heavy atom. The van der Waals surface area contributed by atoms with Crippen LogP contribution in [0.3, 0.4) is 0 Å². The van der Waals surface area contributed by atoms with E-state index in [1.807, 2.05) is 0 Å². The molecule has 25 heavy (non-hydrogen) atoms. The fraction of sp³-hybridized carbons (Fsp3) is 0.636. The Labute approximate surface area is 188 Å². The topological polar surface area (TPSA) is 0 Å². The van der Waals surface area contributed by atoms with Crippen LogP contribution < -0.4 is 0 Å². The van der Waals surface area contributed by atoms with Gasteiger partial charge in [0.05, 0.1) is 0 Å². The van der Waals surface area contributed by atoms with E-state index in [9.17, 15) is 0 Å². The molecule has 0 aromatic rings. The fourth-order valence-corrected chi connectivity index (χ4v) is 3.13. The molecule has 2 aliphatic carbocycles. The van der Waals surface area contributed by atoms with E-state index in [0.717, 1.165) is 12.8 Å². The largest absolute Gasteiger partial charge is 0.269 e. The maximum atomic E-state index is 3.41. The number of hydrogen-bond acceptors (Lipinski definition) is 0. The van der Waals surface area contributed by atoms with Crippen molar-refractivity contribution in [3.8, 4) is 0 Å². The van der Waals surface area contributed by atoms with Gasteiger partial charge in [0.2, 0.25) is 0 Å². The van der Waals surface area contributed by atoms with E-state index in [1.54, 1.807) is 0 Å². The first-order valence-corrected chi connectivity index (χ1v) is 8.87. The van der Waals surface area contributed by atoms with E-state index in [0.29, 0.717) is 23.7 Å². The van der Waals surface area contributed by atoms with Crippen molar-refractivity contribution in [1.29, 1.82) is 0 Å². The van der Waals surface area contributed by atoms with Crippen molar-refractivity contribution in [2.45, 2.75) is 68.2 Å². The normalized spacial score (nSPS) is 15.5. The Balaban J connectivity index is -0.000000346. The van der Waals surface area contributed by atoms with Gasteiger partial charge in [0.15, 0.2) is 0 Å². The predicted molar refractivity (Wildman–Crippen MR) is 113 cm³/mol. The summed E-state index contributed by atoms with van der Waals surface area (Å²) in [5.74, 6) is 2.63. The van der Waals surface area contributed by atoms with Crippen molar-refractivity contribution < 1.29 is 25.8 Å². The second kappa shape index (κ2) is 14.5. The van der Waals surface area contributed by atoms with E-state index < -0.39 is 0 Å². The molecule has 0 radical (unpaired) electrons. The first-order valence-electron chi connectivity index (χ1n) is 8.87. The van der Waals surface area contributed by atoms with Gasteiger partial charge in [-0.05, 0) is 0 Å². The van der Waals surface area contributed by atoms with Gasteiger partial charge in [0.1, 0.15) is 0 Å². The summed E-state index contributed by atoms with van der Waals surface area (Å²) < 4.78 is 0. The van der Waals surface area contributed by atoms with Crippen LogP contribution in [0, 0.1) is 35.8 Å². The summed E-state index contributed by atoms with van der Waals surface area (Å²) in [5.41, 5.74) is 5.92. The molecule has 0 bridgehead atoms. The summed E-state index contributed by atoms with van der Waals surface area (Å²) >= 11 is 0. The molecule has 0 aromatic heterocycles. The summed E-state index contributed by atoms with van der Waals surface area (Å²) in [4.78, 5) is 0. The van der Waals surface area contributed by atoms with E-state index in [2.05, 4.69) is 79.7 Å². The molecule has 0 unspecified atom stereocenters. The maximum Gasteiger partial charge on any atom is 0 e. The standard InChI is InChI=1S/2C11H17.2ClH.Hf/c2*1-8(2)10-6-5-7-11(10)9(3)4;;;/h2*6,8-9H,5H2,1-4H3;2*1H;/q2*-1;;;. The zero-order chi connectivity index (χ0) is 16.9. The molecular formula is C22H36Cl2Hf-2. The third-order valence-electron chi connectivity index (χ3n) is 4.25. The molecule has 0 spiro atoms. The molecule has 0 nitrogen and oxygen atoms in total. The molecule has 0 fully saturated rings. The van der Waals surface area contributed by atoms with Crippen LogP contribution in [0.15, 0.2) is 34.4 Å². The minimum atomic E-state index is 0. The molecule has 0 N–H and O–H groups in total. The van der Waals surface area contributed by atoms with Gasteiger partial charge in [0.25, 0.3) is 0 Å². The maximum absolute atomic E-state index is 3.41. The SMILES string of the molecule is CC(C)C1=[C-]CC=C1C(C)C.CC(C)C1=[C-]CC=C1C(C)C.Cl.Cl.[Hf]. The molecule has 0 saturated heterocycles. The van der Waals surface area contributed by atoms with Crippen LogP contribution in [-0.2, 0) is 25.8 Å². The Bertz CT molecular complexity index is 402. The van der Waals surface area contributed by atoms with E-state index in [1.165, 1.54) is 22.3 Å². The number of hydrogen-bond donors (Lipinski definition) is 0. The molecule has 0 aliphatic heterocycles. The van der Waals surface area contributed by atoms with Crippen molar-refractivity contribution in [3.05, 3.63) is 46.6 Å². The molecular weight excluding hydrogens is 514 g/mol. The second-order valence-electron chi connectivity index (χ2n) is 7.53. The van der Waals surface area contributed by atoms with Crippen LogP contribution in [0.5, 0.6) is 0 Å². The molecule has 2 rings (SSSR count).